The molecule has 2 amide bonds. The van der Waals surface area contributed by atoms with Crippen LogP contribution in [0.4, 0.5) is 0 Å². The molecule has 0 aliphatic heterocycles. The largest absolute Gasteiger partial charge is 0.388 e. The fourth-order valence-corrected chi connectivity index (χ4v) is 2.41. The van der Waals surface area contributed by atoms with Crippen LogP contribution in [0.2, 0.25) is 0 Å². The number of aliphatic hydroxyl groups is 1. The second kappa shape index (κ2) is 7.40. The second-order valence-corrected chi connectivity index (χ2v) is 5.79. The summed E-state index contributed by atoms with van der Waals surface area (Å²) in [6.45, 7) is 3.95. The number of hydrogen-bond donors (Lipinski definition) is 2. The Balaban J connectivity index is 2.44. The number of thiophene rings is 1. The first-order valence-corrected chi connectivity index (χ1v) is 7.58. The molecule has 1 aromatic heterocycles. The molecule has 0 saturated heterocycles. The maximum Gasteiger partial charge on any atom is 0.264 e. The molecule has 20 heavy (non-hydrogen) atoms. The average molecular weight is 298 g/mol. The van der Waals surface area contributed by atoms with Crippen molar-refractivity contribution >= 4 is 23.2 Å². The minimum Gasteiger partial charge on any atom is -0.388 e. The monoisotopic (exact) mass is 298 g/mol. The van der Waals surface area contributed by atoms with Crippen LogP contribution >= 0.6 is 11.3 Å². The molecule has 0 spiro atoms. The smallest absolute Gasteiger partial charge is 0.264 e. The van der Waals surface area contributed by atoms with E-state index >= 15 is 0 Å². The van der Waals surface area contributed by atoms with Gasteiger partial charge in [-0.05, 0) is 24.3 Å². The van der Waals surface area contributed by atoms with Crippen molar-refractivity contribution < 1.29 is 14.7 Å². The molecule has 112 valence electrons. The van der Waals surface area contributed by atoms with E-state index in [1.807, 2.05) is 19.2 Å². The van der Waals surface area contributed by atoms with Crippen molar-refractivity contribution in [3.63, 3.8) is 0 Å². The number of carbonyl (C=O) groups is 2. The van der Waals surface area contributed by atoms with Gasteiger partial charge in [0.2, 0.25) is 5.91 Å². The van der Waals surface area contributed by atoms with Crippen molar-refractivity contribution in [3.05, 3.63) is 22.4 Å². The Hall–Kier alpha value is -1.40. The van der Waals surface area contributed by atoms with Gasteiger partial charge in [0.1, 0.15) is 0 Å². The van der Waals surface area contributed by atoms with E-state index in [1.54, 1.807) is 19.2 Å². The third-order valence-electron chi connectivity index (χ3n) is 3.39. The standard InChI is InChI=1S/C14H22N2O3S/c1-4-14(19,5-2)10-15-12(17)9-16(3)13(18)11-7-6-8-20-11/h6-8,19H,4-5,9-10H2,1-3H3,(H,15,17). The summed E-state index contributed by atoms with van der Waals surface area (Å²) in [6, 6.07) is 3.53. The number of hydrogen-bond acceptors (Lipinski definition) is 4. The SMILES string of the molecule is CCC(O)(CC)CNC(=O)CN(C)C(=O)c1cccs1. The highest BCUT2D eigenvalue weighted by molar-refractivity contribution is 7.12. The molecular weight excluding hydrogens is 276 g/mol. The summed E-state index contributed by atoms with van der Waals surface area (Å²) in [4.78, 5) is 25.7. The Kier molecular flexibility index (Phi) is 6.16. The summed E-state index contributed by atoms with van der Waals surface area (Å²) in [5.41, 5.74) is -0.869. The third-order valence-corrected chi connectivity index (χ3v) is 4.25. The van der Waals surface area contributed by atoms with Gasteiger partial charge >= 0.3 is 0 Å². The molecule has 0 bridgehead atoms. The Bertz CT molecular complexity index is 441. The zero-order chi connectivity index (χ0) is 15.2. The molecule has 1 rings (SSSR count). The summed E-state index contributed by atoms with van der Waals surface area (Å²) in [6.07, 6.45) is 1.15. The molecule has 0 unspecified atom stereocenters. The second-order valence-electron chi connectivity index (χ2n) is 4.85. The number of nitrogens with one attached hydrogen (secondary N) is 1. The molecule has 1 heterocycles. The van der Waals surface area contributed by atoms with Gasteiger partial charge in [0.25, 0.3) is 5.91 Å². The first kappa shape index (κ1) is 16.7. The van der Waals surface area contributed by atoms with Crippen LogP contribution in [0.5, 0.6) is 0 Å². The Morgan fingerprint density at radius 1 is 1.40 bits per heavy atom. The molecule has 0 aliphatic rings. The van der Waals surface area contributed by atoms with Crippen molar-refractivity contribution in [3.8, 4) is 0 Å². The Labute approximate surface area is 123 Å². The maximum atomic E-state index is 12.0. The van der Waals surface area contributed by atoms with Crippen LogP contribution < -0.4 is 5.32 Å². The summed E-state index contributed by atoms with van der Waals surface area (Å²) in [5.74, 6) is -0.436. The van der Waals surface area contributed by atoms with E-state index in [-0.39, 0.29) is 24.9 Å². The van der Waals surface area contributed by atoms with Crippen molar-refractivity contribution in [2.75, 3.05) is 20.1 Å². The average Bonchev–Trinajstić information content (AvgIpc) is 2.98. The number of likely N-dealkylation sites (N-methyl/N-ethyl adjacent to an activating group) is 1. The predicted octanol–water partition coefficient (Wildman–Crippen LogP) is 1.49. The van der Waals surface area contributed by atoms with Crippen LogP contribution in [-0.2, 0) is 4.79 Å². The molecule has 6 heteroatoms. The summed E-state index contributed by atoms with van der Waals surface area (Å²) in [5, 5.41) is 14.6. The molecular formula is C14H22N2O3S. The predicted molar refractivity (Wildman–Crippen MR) is 79.8 cm³/mol. The molecule has 0 fully saturated rings. The molecule has 0 aliphatic carbocycles. The van der Waals surface area contributed by atoms with Gasteiger partial charge in [-0.2, -0.15) is 0 Å². The minimum atomic E-state index is -0.869. The van der Waals surface area contributed by atoms with Gasteiger partial charge in [0.05, 0.1) is 17.0 Å². The van der Waals surface area contributed by atoms with E-state index in [2.05, 4.69) is 5.32 Å². The topological polar surface area (TPSA) is 69.6 Å². The highest BCUT2D eigenvalue weighted by atomic mass is 32.1. The van der Waals surface area contributed by atoms with E-state index in [0.29, 0.717) is 17.7 Å². The first-order chi connectivity index (χ1) is 9.41. The van der Waals surface area contributed by atoms with Crippen LogP contribution in [0.25, 0.3) is 0 Å². The van der Waals surface area contributed by atoms with Crippen LogP contribution in [0.1, 0.15) is 36.4 Å². The molecule has 0 aromatic carbocycles. The summed E-state index contributed by atoms with van der Waals surface area (Å²) < 4.78 is 0. The van der Waals surface area contributed by atoms with E-state index in [0.717, 1.165) is 0 Å². The van der Waals surface area contributed by atoms with Crippen LogP contribution in [0, 0.1) is 0 Å². The summed E-state index contributed by atoms with van der Waals surface area (Å²) in [7, 11) is 1.59. The van der Waals surface area contributed by atoms with Crippen molar-refractivity contribution in [1.82, 2.24) is 10.2 Å². The lowest BCUT2D eigenvalue weighted by Gasteiger charge is -2.26. The van der Waals surface area contributed by atoms with Crippen LogP contribution in [0.3, 0.4) is 0 Å². The van der Waals surface area contributed by atoms with Crippen LogP contribution in [0.15, 0.2) is 17.5 Å². The number of amides is 2. The fraction of sp³-hybridized carbons (Fsp3) is 0.571. The van der Waals surface area contributed by atoms with Gasteiger partial charge in [-0.3, -0.25) is 9.59 Å². The molecule has 0 radical (unpaired) electrons. The minimum absolute atomic E-state index is 0.0136. The van der Waals surface area contributed by atoms with E-state index in [4.69, 9.17) is 0 Å². The maximum absolute atomic E-state index is 12.0. The van der Waals surface area contributed by atoms with Gasteiger partial charge in [-0.15, -0.1) is 11.3 Å². The number of nitrogens with zero attached hydrogens (tertiary/aromatic N) is 1. The Morgan fingerprint density at radius 3 is 2.55 bits per heavy atom. The lowest BCUT2D eigenvalue weighted by molar-refractivity contribution is -0.122. The number of carbonyl (C=O) groups excluding carboxylic acids is 2. The molecule has 0 saturated carbocycles. The lowest BCUT2D eigenvalue weighted by Crippen LogP contribution is -2.45. The van der Waals surface area contributed by atoms with Gasteiger partial charge in [-0.25, -0.2) is 0 Å². The molecule has 2 N–H and O–H groups in total. The van der Waals surface area contributed by atoms with E-state index in [9.17, 15) is 14.7 Å². The van der Waals surface area contributed by atoms with E-state index in [1.165, 1.54) is 16.2 Å². The van der Waals surface area contributed by atoms with E-state index < -0.39 is 5.60 Å². The van der Waals surface area contributed by atoms with Gasteiger partial charge in [-0.1, -0.05) is 19.9 Å². The van der Waals surface area contributed by atoms with Crippen molar-refractivity contribution in [1.29, 1.82) is 0 Å². The van der Waals surface area contributed by atoms with Crippen molar-refractivity contribution in [2.24, 2.45) is 0 Å². The highest BCUT2D eigenvalue weighted by Gasteiger charge is 2.23. The normalized spacial score (nSPS) is 11.2. The first-order valence-electron chi connectivity index (χ1n) is 6.70. The Morgan fingerprint density at radius 2 is 2.05 bits per heavy atom. The lowest BCUT2D eigenvalue weighted by atomic mass is 9.98. The summed E-state index contributed by atoms with van der Waals surface area (Å²) >= 11 is 1.35. The fourth-order valence-electron chi connectivity index (χ4n) is 1.69. The zero-order valence-electron chi connectivity index (χ0n) is 12.2. The quantitative estimate of drug-likeness (QED) is 0.801. The van der Waals surface area contributed by atoms with Gasteiger partial charge in [0.15, 0.2) is 0 Å². The molecule has 0 atom stereocenters. The van der Waals surface area contributed by atoms with Crippen LogP contribution in [-0.4, -0.2) is 47.6 Å². The highest BCUT2D eigenvalue weighted by Crippen LogP contribution is 2.13. The molecule has 1 aromatic rings. The van der Waals surface area contributed by atoms with Gasteiger partial charge in [0, 0.05) is 13.6 Å². The molecule has 5 nitrogen and oxygen atoms in total. The third kappa shape index (κ3) is 4.61. The van der Waals surface area contributed by atoms with Crippen molar-refractivity contribution in [2.45, 2.75) is 32.3 Å². The zero-order valence-corrected chi connectivity index (χ0v) is 13.0. The van der Waals surface area contributed by atoms with Gasteiger partial charge < -0.3 is 15.3 Å². The number of rotatable bonds is 7.